The first kappa shape index (κ1) is 13.8. The monoisotopic (exact) mass is 298 g/mol. The molecule has 2 N–H and O–H groups in total. The van der Waals surface area contributed by atoms with E-state index in [2.05, 4.69) is 26.8 Å². The van der Waals surface area contributed by atoms with Gasteiger partial charge in [0.15, 0.2) is 5.82 Å². The van der Waals surface area contributed by atoms with E-state index in [-0.39, 0.29) is 12.1 Å². The Kier molecular flexibility index (Phi) is 3.58. The number of hydrogen-bond acceptors (Lipinski definition) is 3. The molecule has 22 heavy (non-hydrogen) atoms. The fraction of sp³-hybridized carbons (Fsp3) is 0.133. The first-order valence-corrected chi connectivity index (χ1v) is 6.54. The van der Waals surface area contributed by atoms with Crippen molar-refractivity contribution >= 4 is 11.0 Å². The van der Waals surface area contributed by atoms with Gasteiger partial charge in [-0.3, -0.25) is 9.78 Å². The summed E-state index contributed by atoms with van der Waals surface area (Å²) in [5.41, 5.74) is 0.415. The van der Waals surface area contributed by atoms with Crippen molar-refractivity contribution in [3.63, 3.8) is 0 Å². The minimum absolute atomic E-state index is 0.110. The molecule has 0 bridgehead atoms. The molecule has 3 rings (SSSR count). The lowest BCUT2D eigenvalue weighted by molar-refractivity contribution is 0.448. The number of aryl methyl sites for hydroxylation is 1. The van der Waals surface area contributed by atoms with Crippen LogP contribution in [0.25, 0.3) is 11.0 Å². The minimum atomic E-state index is -0.597. The van der Waals surface area contributed by atoms with Crippen molar-refractivity contribution < 1.29 is 4.39 Å². The van der Waals surface area contributed by atoms with Crippen LogP contribution in [0.1, 0.15) is 11.4 Å². The van der Waals surface area contributed by atoms with Gasteiger partial charge in [0.05, 0.1) is 17.6 Å². The number of aromatic nitrogens is 4. The van der Waals surface area contributed by atoms with Crippen molar-refractivity contribution in [1.82, 2.24) is 19.5 Å². The van der Waals surface area contributed by atoms with E-state index in [4.69, 9.17) is 0 Å². The number of hydrogen-bond donors (Lipinski definition) is 2. The van der Waals surface area contributed by atoms with E-state index in [9.17, 15) is 14.0 Å². The summed E-state index contributed by atoms with van der Waals surface area (Å²) < 4.78 is 14.4. The summed E-state index contributed by atoms with van der Waals surface area (Å²) in [5.74, 6) is 5.77. The number of nitrogens with zero attached hydrogens (tertiary/aromatic N) is 2. The number of fused-ring (bicyclic) bond motifs is 1. The molecule has 2 heterocycles. The van der Waals surface area contributed by atoms with Gasteiger partial charge < -0.3 is 9.55 Å². The number of nitrogens with one attached hydrogen (secondary N) is 2. The van der Waals surface area contributed by atoms with Gasteiger partial charge in [-0.15, -0.1) is 0 Å². The largest absolute Gasteiger partial charge is 0.325 e. The molecule has 0 aliphatic carbocycles. The molecule has 0 unspecified atom stereocenters. The Bertz CT molecular complexity index is 1000. The van der Waals surface area contributed by atoms with Crippen LogP contribution in [-0.2, 0) is 6.54 Å². The van der Waals surface area contributed by atoms with Crippen molar-refractivity contribution in [2.24, 2.45) is 0 Å². The Hall–Kier alpha value is -3.14. The van der Waals surface area contributed by atoms with Crippen LogP contribution in [0.5, 0.6) is 0 Å². The number of aromatic amines is 2. The highest BCUT2D eigenvalue weighted by Gasteiger charge is 2.08. The lowest BCUT2D eigenvalue weighted by Crippen LogP contribution is -2.23. The van der Waals surface area contributed by atoms with Crippen molar-refractivity contribution in [3.8, 4) is 11.8 Å². The van der Waals surface area contributed by atoms with E-state index in [1.165, 1.54) is 6.20 Å². The molecule has 6 nitrogen and oxygen atoms in total. The normalized spacial score (nSPS) is 10.4. The first-order valence-electron chi connectivity index (χ1n) is 6.54. The summed E-state index contributed by atoms with van der Waals surface area (Å²) in [7, 11) is 0. The molecule has 0 spiro atoms. The van der Waals surface area contributed by atoms with Gasteiger partial charge in [0.2, 0.25) is 0 Å². The van der Waals surface area contributed by atoms with E-state index in [0.717, 1.165) is 5.52 Å². The van der Waals surface area contributed by atoms with Crippen molar-refractivity contribution in [2.75, 3.05) is 6.67 Å². The molecule has 1 aromatic carbocycles. The Labute approximate surface area is 123 Å². The third-order valence-corrected chi connectivity index (χ3v) is 3.09. The van der Waals surface area contributed by atoms with E-state index >= 15 is 0 Å². The number of alkyl halides is 1. The second kappa shape index (κ2) is 5.69. The molecule has 7 heteroatoms. The molecule has 0 saturated carbocycles. The van der Waals surface area contributed by atoms with Crippen LogP contribution in [0.15, 0.2) is 40.1 Å². The highest BCUT2D eigenvalue weighted by atomic mass is 19.1. The highest BCUT2D eigenvalue weighted by Crippen LogP contribution is 2.15. The summed E-state index contributed by atoms with van der Waals surface area (Å²) in [4.78, 5) is 31.3. The van der Waals surface area contributed by atoms with E-state index in [1.54, 1.807) is 4.57 Å². The van der Waals surface area contributed by atoms with Gasteiger partial charge in [-0.25, -0.2) is 14.2 Å². The number of para-hydroxylation sites is 2. The van der Waals surface area contributed by atoms with Gasteiger partial charge in [-0.2, -0.15) is 0 Å². The molecule has 0 amide bonds. The lowest BCUT2D eigenvalue weighted by Gasteiger charge is -2.01. The Morgan fingerprint density at radius 2 is 2.05 bits per heavy atom. The molecule has 0 saturated heterocycles. The van der Waals surface area contributed by atoms with Gasteiger partial charge in [-0.1, -0.05) is 18.1 Å². The van der Waals surface area contributed by atoms with E-state index < -0.39 is 17.9 Å². The van der Waals surface area contributed by atoms with Crippen molar-refractivity contribution in [1.29, 1.82) is 0 Å². The zero-order chi connectivity index (χ0) is 15.5. The van der Waals surface area contributed by atoms with Crippen LogP contribution >= 0.6 is 0 Å². The number of benzene rings is 1. The van der Waals surface area contributed by atoms with Crippen LogP contribution < -0.4 is 11.2 Å². The predicted octanol–water partition coefficient (Wildman–Crippen LogP) is 0.782. The fourth-order valence-corrected chi connectivity index (χ4v) is 2.11. The standard InChI is InChI=1S/C15H11FN4O2/c16-7-8-20-12-4-2-1-3-11(12)18-13(20)6-5-10-9-17-15(22)19-14(10)21/h1-4,9H,7-8H2,(H2,17,19,21,22). The highest BCUT2D eigenvalue weighted by molar-refractivity contribution is 5.76. The topological polar surface area (TPSA) is 83.5 Å². The summed E-state index contributed by atoms with van der Waals surface area (Å²) >= 11 is 0. The molecule has 2 aromatic heterocycles. The average molecular weight is 298 g/mol. The zero-order valence-electron chi connectivity index (χ0n) is 11.4. The summed E-state index contributed by atoms with van der Waals surface area (Å²) in [5, 5.41) is 0. The predicted molar refractivity (Wildman–Crippen MR) is 79.4 cm³/mol. The third kappa shape index (κ3) is 2.54. The lowest BCUT2D eigenvalue weighted by atomic mass is 10.3. The van der Waals surface area contributed by atoms with Crippen LogP contribution in [0, 0.1) is 11.8 Å². The number of rotatable bonds is 2. The molecule has 0 atom stereocenters. The van der Waals surface area contributed by atoms with Crippen LogP contribution in [0.4, 0.5) is 4.39 Å². The average Bonchev–Trinajstić information content (AvgIpc) is 2.85. The van der Waals surface area contributed by atoms with Crippen molar-refractivity contribution in [3.05, 3.63) is 62.7 Å². The van der Waals surface area contributed by atoms with Gasteiger partial charge in [-0.05, 0) is 18.1 Å². The minimum Gasteiger partial charge on any atom is -0.315 e. The molecule has 3 aromatic rings. The number of halogens is 1. The second-order valence-electron chi connectivity index (χ2n) is 4.50. The zero-order valence-corrected chi connectivity index (χ0v) is 11.4. The third-order valence-electron chi connectivity index (χ3n) is 3.09. The van der Waals surface area contributed by atoms with Gasteiger partial charge in [0.25, 0.3) is 5.56 Å². The van der Waals surface area contributed by atoms with Crippen LogP contribution in [0.3, 0.4) is 0 Å². The quantitative estimate of drug-likeness (QED) is 0.686. The van der Waals surface area contributed by atoms with E-state index in [0.29, 0.717) is 11.3 Å². The smallest absolute Gasteiger partial charge is 0.315 e. The molecular formula is C15H11FN4O2. The molecular weight excluding hydrogens is 287 g/mol. The van der Waals surface area contributed by atoms with E-state index in [1.807, 2.05) is 24.3 Å². The molecule has 0 aliphatic heterocycles. The van der Waals surface area contributed by atoms with Crippen molar-refractivity contribution in [2.45, 2.75) is 6.54 Å². The van der Waals surface area contributed by atoms with Crippen LogP contribution in [-0.4, -0.2) is 26.2 Å². The maximum atomic E-state index is 12.7. The molecule has 0 aliphatic rings. The van der Waals surface area contributed by atoms with Gasteiger partial charge in [0.1, 0.15) is 12.2 Å². The SMILES string of the molecule is O=c1[nH]cc(C#Cc2nc3ccccc3n2CCF)c(=O)[nH]1. The maximum absolute atomic E-state index is 12.7. The summed E-state index contributed by atoms with van der Waals surface area (Å²) in [6.07, 6.45) is 1.23. The number of H-pyrrole nitrogens is 2. The second-order valence-corrected chi connectivity index (χ2v) is 4.50. The Balaban J connectivity index is 2.11. The van der Waals surface area contributed by atoms with Gasteiger partial charge >= 0.3 is 5.69 Å². The molecule has 0 fully saturated rings. The molecule has 0 radical (unpaired) electrons. The Morgan fingerprint density at radius 3 is 2.82 bits per heavy atom. The van der Waals surface area contributed by atoms with Crippen LogP contribution in [0.2, 0.25) is 0 Å². The molecule has 110 valence electrons. The maximum Gasteiger partial charge on any atom is 0.325 e. The summed E-state index contributed by atoms with van der Waals surface area (Å²) in [6, 6.07) is 7.31. The number of imidazole rings is 1. The van der Waals surface area contributed by atoms with Gasteiger partial charge in [0, 0.05) is 6.20 Å². The fourth-order valence-electron chi connectivity index (χ4n) is 2.11. The summed E-state index contributed by atoms with van der Waals surface area (Å²) in [6.45, 7) is -0.416. The first-order chi connectivity index (χ1) is 10.7. The Morgan fingerprint density at radius 1 is 1.23 bits per heavy atom.